The lowest BCUT2D eigenvalue weighted by atomic mass is 9.93. The van der Waals surface area contributed by atoms with E-state index in [2.05, 4.69) is 22.5 Å². The van der Waals surface area contributed by atoms with Crippen molar-refractivity contribution in [3.8, 4) is 11.5 Å². The number of para-hydroxylation sites is 2. The van der Waals surface area contributed by atoms with E-state index < -0.39 is 0 Å². The zero-order valence-electron chi connectivity index (χ0n) is 13.2. The van der Waals surface area contributed by atoms with Gasteiger partial charge in [0.15, 0.2) is 5.58 Å². The van der Waals surface area contributed by atoms with Crippen molar-refractivity contribution in [3.63, 3.8) is 0 Å². The molecule has 4 heteroatoms. The second kappa shape index (κ2) is 6.32. The van der Waals surface area contributed by atoms with Crippen molar-refractivity contribution in [2.45, 2.75) is 19.3 Å². The van der Waals surface area contributed by atoms with E-state index in [-0.39, 0.29) is 11.8 Å². The third kappa shape index (κ3) is 2.95. The lowest BCUT2D eigenvalue weighted by Crippen LogP contribution is -2.23. The summed E-state index contributed by atoms with van der Waals surface area (Å²) in [5.41, 5.74) is 3.31. The maximum Gasteiger partial charge on any atom is 0.227 e. The number of hydrogen-bond donors (Lipinski definition) is 1. The van der Waals surface area contributed by atoms with Gasteiger partial charge in [-0.3, -0.25) is 4.79 Å². The lowest BCUT2D eigenvalue weighted by molar-refractivity contribution is -0.120. The molecule has 3 aromatic rings. The van der Waals surface area contributed by atoms with Gasteiger partial charge in [0.05, 0.1) is 0 Å². The number of carbonyl (C=O) groups is 1. The molecule has 0 spiro atoms. The van der Waals surface area contributed by atoms with Crippen molar-refractivity contribution < 1.29 is 9.21 Å². The molecule has 1 aromatic heterocycles. The summed E-state index contributed by atoms with van der Waals surface area (Å²) >= 11 is 0. The van der Waals surface area contributed by atoms with Crippen LogP contribution < -0.4 is 5.32 Å². The average molecular weight is 318 g/mol. The first-order valence-electron chi connectivity index (χ1n) is 8.21. The number of rotatable bonds is 3. The normalized spacial score (nSPS) is 17.1. The third-order valence-corrected chi connectivity index (χ3v) is 4.33. The molecule has 0 aliphatic heterocycles. The Morgan fingerprint density at radius 2 is 1.92 bits per heavy atom. The maximum absolute atomic E-state index is 12.3. The van der Waals surface area contributed by atoms with Gasteiger partial charge in [-0.15, -0.1) is 0 Å². The summed E-state index contributed by atoms with van der Waals surface area (Å²) in [5, 5.41) is 2.99. The largest absolute Gasteiger partial charge is 0.436 e. The average Bonchev–Trinajstić information content (AvgIpc) is 3.07. The van der Waals surface area contributed by atoms with E-state index in [1.54, 1.807) is 0 Å². The molecule has 24 heavy (non-hydrogen) atoms. The van der Waals surface area contributed by atoms with Gasteiger partial charge in [0, 0.05) is 17.2 Å². The molecule has 2 aromatic carbocycles. The van der Waals surface area contributed by atoms with Crippen LogP contribution in [0.4, 0.5) is 5.69 Å². The summed E-state index contributed by atoms with van der Waals surface area (Å²) in [6, 6.07) is 15.3. The van der Waals surface area contributed by atoms with Gasteiger partial charge in [0.2, 0.25) is 11.8 Å². The van der Waals surface area contributed by atoms with Gasteiger partial charge in [-0.05, 0) is 55.7 Å². The van der Waals surface area contributed by atoms with Crippen molar-refractivity contribution in [1.82, 2.24) is 4.98 Å². The van der Waals surface area contributed by atoms with E-state index in [4.69, 9.17) is 4.42 Å². The predicted octanol–water partition coefficient (Wildman–Crippen LogP) is 4.79. The van der Waals surface area contributed by atoms with Crippen molar-refractivity contribution in [2.24, 2.45) is 5.92 Å². The van der Waals surface area contributed by atoms with Crippen LogP contribution in [0, 0.1) is 5.92 Å². The zero-order chi connectivity index (χ0) is 16.4. The molecular weight excluding hydrogens is 300 g/mol. The molecule has 1 atom stereocenters. The number of hydrogen-bond acceptors (Lipinski definition) is 3. The van der Waals surface area contributed by atoms with Crippen molar-refractivity contribution in [3.05, 3.63) is 60.7 Å². The molecule has 1 unspecified atom stereocenters. The number of oxazole rings is 1. The Kier molecular flexibility index (Phi) is 3.87. The Hall–Kier alpha value is -2.88. The van der Waals surface area contributed by atoms with Crippen LogP contribution in [0.5, 0.6) is 0 Å². The highest BCUT2D eigenvalue weighted by Crippen LogP contribution is 2.26. The highest BCUT2D eigenvalue weighted by molar-refractivity contribution is 5.93. The molecule has 0 bridgehead atoms. The van der Waals surface area contributed by atoms with Gasteiger partial charge < -0.3 is 9.73 Å². The van der Waals surface area contributed by atoms with Crippen LogP contribution in [0.1, 0.15) is 19.3 Å². The molecule has 4 nitrogen and oxygen atoms in total. The molecule has 0 saturated carbocycles. The fourth-order valence-electron chi connectivity index (χ4n) is 2.97. The van der Waals surface area contributed by atoms with Gasteiger partial charge in [0.25, 0.3) is 0 Å². The van der Waals surface area contributed by atoms with E-state index in [9.17, 15) is 4.79 Å². The molecule has 1 amide bonds. The van der Waals surface area contributed by atoms with Crippen LogP contribution in [-0.4, -0.2) is 10.9 Å². The van der Waals surface area contributed by atoms with Gasteiger partial charge >= 0.3 is 0 Å². The smallest absolute Gasteiger partial charge is 0.227 e. The van der Waals surface area contributed by atoms with E-state index in [1.807, 2.05) is 48.5 Å². The summed E-state index contributed by atoms with van der Waals surface area (Å²) in [4.78, 5) is 16.7. The molecule has 1 heterocycles. The first-order valence-corrected chi connectivity index (χ1v) is 8.21. The fourth-order valence-corrected chi connectivity index (χ4v) is 2.97. The maximum atomic E-state index is 12.3. The summed E-state index contributed by atoms with van der Waals surface area (Å²) in [5.74, 6) is 0.757. The minimum atomic E-state index is 0.0757. The second-order valence-corrected chi connectivity index (χ2v) is 6.03. The fraction of sp³-hybridized carbons (Fsp3) is 0.200. The number of amides is 1. The topological polar surface area (TPSA) is 55.1 Å². The van der Waals surface area contributed by atoms with Crippen LogP contribution in [0.3, 0.4) is 0 Å². The Balaban J connectivity index is 1.50. The summed E-state index contributed by atoms with van der Waals surface area (Å²) in [6.45, 7) is 0. The third-order valence-electron chi connectivity index (χ3n) is 4.33. The zero-order valence-corrected chi connectivity index (χ0v) is 13.2. The summed E-state index contributed by atoms with van der Waals surface area (Å²) in [7, 11) is 0. The van der Waals surface area contributed by atoms with E-state index in [0.29, 0.717) is 5.89 Å². The molecule has 4 rings (SSSR count). The number of nitrogens with one attached hydrogen (secondary N) is 1. The van der Waals surface area contributed by atoms with E-state index >= 15 is 0 Å². The summed E-state index contributed by atoms with van der Waals surface area (Å²) in [6.07, 6.45) is 6.95. The first kappa shape index (κ1) is 14.7. The number of benzene rings is 2. The molecule has 120 valence electrons. The van der Waals surface area contributed by atoms with Gasteiger partial charge in [-0.25, -0.2) is 4.98 Å². The van der Waals surface area contributed by atoms with Crippen LogP contribution >= 0.6 is 0 Å². The number of allylic oxidation sites excluding steroid dienone is 2. The van der Waals surface area contributed by atoms with Gasteiger partial charge in [-0.1, -0.05) is 24.3 Å². The second-order valence-electron chi connectivity index (χ2n) is 6.03. The Morgan fingerprint density at radius 3 is 2.67 bits per heavy atom. The number of anilines is 1. The Labute approximate surface area is 140 Å². The Bertz CT molecular complexity index is 860. The summed E-state index contributed by atoms with van der Waals surface area (Å²) < 4.78 is 5.76. The molecule has 0 fully saturated rings. The molecule has 0 saturated heterocycles. The molecule has 1 aliphatic carbocycles. The minimum Gasteiger partial charge on any atom is -0.436 e. The quantitative estimate of drug-likeness (QED) is 0.706. The van der Waals surface area contributed by atoms with Crippen molar-refractivity contribution in [2.75, 3.05) is 5.32 Å². The minimum absolute atomic E-state index is 0.0757. The first-order chi connectivity index (χ1) is 11.8. The standard InChI is InChI=1S/C20H18N2O2/c23-19(14-6-2-1-3-7-14)21-16-12-10-15(11-13-16)20-22-17-8-4-5-9-18(17)24-20/h1-2,4-5,8-14H,3,6-7H2,(H,21,23). The Morgan fingerprint density at radius 1 is 1.08 bits per heavy atom. The highest BCUT2D eigenvalue weighted by Gasteiger charge is 2.18. The van der Waals surface area contributed by atoms with Crippen molar-refractivity contribution in [1.29, 1.82) is 0 Å². The molecular formula is C20H18N2O2. The van der Waals surface area contributed by atoms with Gasteiger partial charge in [-0.2, -0.15) is 0 Å². The lowest BCUT2D eigenvalue weighted by Gasteiger charge is -2.17. The molecule has 1 aliphatic rings. The number of fused-ring (bicyclic) bond motifs is 1. The molecule has 1 N–H and O–H groups in total. The number of nitrogens with zero attached hydrogens (tertiary/aromatic N) is 1. The number of carbonyl (C=O) groups excluding carboxylic acids is 1. The van der Waals surface area contributed by atoms with Crippen LogP contribution in [0.15, 0.2) is 65.1 Å². The number of aromatic nitrogens is 1. The van der Waals surface area contributed by atoms with Crippen molar-refractivity contribution >= 4 is 22.7 Å². The van der Waals surface area contributed by atoms with Crippen LogP contribution in [0.25, 0.3) is 22.6 Å². The van der Waals surface area contributed by atoms with Gasteiger partial charge in [0.1, 0.15) is 5.52 Å². The monoisotopic (exact) mass is 318 g/mol. The van der Waals surface area contributed by atoms with E-state index in [0.717, 1.165) is 41.6 Å². The van der Waals surface area contributed by atoms with Crippen LogP contribution in [0.2, 0.25) is 0 Å². The molecule has 0 radical (unpaired) electrons. The SMILES string of the molecule is O=C(Nc1ccc(-c2nc3ccccc3o2)cc1)C1CC=CCC1. The highest BCUT2D eigenvalue weighted by atomic mass is 16.3. The van der Waals surface area contributed by atoms with Crippen LogP contribution in [-0.2, 0) is 4.79 Å². The predicted molar refractivity (Wildman–Crippen MR) is 94.6 cm³/mol. The van der Waals surface area contributed by atoms with E-state index in [1.165, 1.54) is 0 Å².